The smallest absolute Gasteiger partial charge is 0.244 e. The van der Waals surface area contributed by atoms with E-state index >= 15 is 0 Å². The maximum atomic E-state index is 6.59. The highest BCUT2D eigenvalue weighted by Crippen LogP contribution is 2.36. The third kappa shape index (κ3) is 3.87. The average molecular weight is 512 g/mol. The minimum Gasteiger partial charge on any atom is -0.458 e. The van der Waals surface area contributed by atoms with Crippen LogP contribution in [0.4, 0.5) is 0 Å². The van der Waals surface area contributed by atoms with Gasteiger partial charge in [0, 0.05) is 29.2 Å². The second-order valence-electron chi connectivity index (χ2n) is 11.0. The van der Waals surface area contributed by atoms with Gasteiger partial charge in [-0.05, 0) is 41.3 Å². The quantitative estimate of drug-likeness (QED) is 0.201. The van der Waals surface area contributed by atoms with Crippen molar-refractivity contribution in [1.29, 1.82) is 0 Å². The monoisotopic (exact) mass is 511 g/mol. The molecule has 7 aromatic rings. The molecule has 7 rings (SSSR count). The number of fused-ring (bicyclic) bond motifs is 4. The van der Waals surface area contributed by atoms with Gasteiger partial charge >= 0.3 is 0 Å². The molecular formula is C33H29N5O. The zero-order valence-electron chi connectivity index (χ0n) is 22.4. The summed E-state index contributed by atoms with van der Waals surface area (Å²) in [4.78, 5) is 7.80. The van der Waals surface area contributed by atoms with Crippen LogP contribution in [0.25, 0.3) is 44.5 Å². The van der Waals surface area contributed by atoms with Gasteiger partial charge in [0.1, 0.15) is 11.5 Å². The van der Waals surface area contributed by atoms with Crippen LogP contribution in [-0.2, 0) is 12.5 Å². The van der Waals surface area contributed by atoms with E-state index in [0.717, 1.165) is 50.6 Å². The fourth-order valence-electron chi connectivity index (χ4n) is 5.35. The molecule has 0 aliphatic carbocycles. The van der Waals surface area contributed by atoms with E-state index in [0.29, 0.717) is 0 Å². The van der Waals surface area contributed by atoms with Gasteiger partial charge in [-0.2, -0.15) is 0 Å². The molecule has 0 spiro atoms. The molecule has 0 saturated carbocycles. The molecule has 0 atom stereocenters. The summed E-state index contributed by atoms with van der Waals surface area (Å²) in [5, 5.41) is 2.33. The number of nitrogens with zero attached hydrogens (tertiary/aromatic N) is 4. The van der Waals surface area contributed by atoms with Gasteiger partial charge in [0.25, 0.3) is 0 Å². The largest absolute Gasteiger partial charge is 0.458 e. The second kappa shape index (κ2) is 8.60. The van der Waals surface area contributed by atoms with Gasteiger partial charge in [0.05, 0.1) is 34.8 Å². The van der Waals surface area contributed by atoms with Gasteiger partial charge in [0.15, 0.2) is 0 Å². The molecule has 0 fully saturated rings. The average Bonchev–Trinajstić information content (AvgIpc) is 3.64. The van der Waals surface area contributed by atoms with E-state index in [1.165, 1.54) is 10.9 Å². The molecule has 0 aliphatic rings. The number of aromatic amines is 1. The highest BCUT2D eigenvalue weighted by Gasteiger charge is 2.19. The molecule has 0 aliphatic heterocycles. The number of para-hydroxylation sites is 3. The van der Waals surface area contributed by atoms with Crippen molar-refractivity contribution in [1.82, 2.24) is 19.1 Å². The Morgan fingerprint density at radius 2 is 1.59 bits per heavy atom. The summed E-state index contributed by atoms with van der Waals surface area (Å²) in [6.07, 6.45) is 7.09. The molecule has 6 heteroatoms. The van der Waals surface area contributed by atoms with E-state index in [9.17, 15) is 0 Å². The van der Waals surface area contributed by atoms with Crippen molar-refractivity contribution >= 4 is 32.8 Å². The number of H-pyrrole nitrogens is 1. The summed E-state index contributed by atoms with van der Waals surface area (Å²) in [5.41, 5.74) is 6.50. The lowest BCUT2D eigenvalue weighted by atomic mass is 9.86. The summed E-state index contributed by atoms with van der Waals surface area (Å²) in [6.45, 7) is 6.67. The van der Waals surface area contributed by atoms with E-state index in [4.69, 9.17) is 4.74 Å². The van der Waals surface area contributed by atoms with E-state index in [2.05, 4.69) is 125 Å². The van der Waals surface area contributed by atoms with Crippen LogP contribution in [0.3, 0.4) is 0 Å². The van der Waals surface area contributed by atoms with Crippen molar-refractivity contribution < 1.29 is 9.30 Å². The van der Waals surface area contributed by atoms with Crippen molar-refractivity contribution in [2.45, 2.75) is 26.2 Å². The minimum atomic E-state index is -0.0606. The number of benzene rings is 4. The molecule has 0 radical (unpaired) electrons. The highest BCUT2D eigenvalue weighted by atomic mass is 16.5. The molecule has 192 valence electrons. The SMILES string of the molecule is Cn1[c-][n+](-c2cc(Oc3ccc4c5ccccc5n(-c5ncc[nH]5)c4c3)cc(C(C)(C)C)c2)c2ccccc21. The topological polar surface area (TPSA) is 51.6 Å². The lowest BCUT2D eigenvalue weighted by molar-refractivity contribution is -0.573. The van der Waals surface area contributed by atoms with Crippen LogP contribution < -0.4 is 9.30 Å². The van der Waals surface area contributed by atoms with Crippen molar-refractivity contribution in [2.24, 2.45) is 7.05 Å². The Morgan fingerprint density at radius 1 is 0.821 bits per heavy atom. The standard InChI is InChI=1S/C33H29N5O/c1-33(2,3)22-17-23(37-21-36(4)29-11-7-8-12-30(29)37)19-25(18-22)39-24-13-14-27-26-9-5-6-10-28(26)38(31(27)20-24)32-34-15-16-35-32/h5-20H,1-4H3,(H,34,35). The van der Waals surface area contributed by atoms with Gasteiger partial charge < -0.3 is 18.9 Å². The summed E-state index contributed by atoms with van der Waals surface area (Å²) >= 11 is 0. The Hall–Kier alpha value is -4.84. The number of nitrogens with one attached hydrogen (secondary N) is 1. The number of aryl methyl sites for hydroxylation is 1. The minimum absolute atomic E-state index is 0.0606. The Morgan fingerprint density at radius 3 is 2.38 bits per heavy atom. The molecule has 3 aromatic heterocycles. The second-order valence-corrected chi connectivity index (χ2v) is 11.0. The summed E-state index contributed by atoms with van der Waals surface area (Å²) in [7, 11) is 2.02. The first-order valence-electron chi connectivity index (χ1n) is 13.1. The van der Waals surface area contributed by atoms with Crippen LogP contribution >= 0.6 is 0 Å². The van der Waals surface area contributed by atoms with Crippen molar-refractivity contribution in [2.75, 3.05) is 0 Å². The van der Waals surface area contributed by atoms with Crippen molar-refractivity contribution in [3.05, 3.63) is 109 Å². The molecule has 6 nitrogen and oxygen atoms in total. The van der Waals surface area contributed by atoms with Gasteiger partial charge in [-0.3, -0.25) is 4.57 Å². The van der Waals surface area contributed by atoms with Crippen LogP contribution in [0.2, 0.25) is 0 Å². The zero-order valence-corrected chi connectivity index (χ0v) is 22.4. The third-order valence-corrected chi connectivity index (χ3v) is 7.33. The first kappa shape index (κ1) is 23.3. The number of imidazole rings is 2. The first-order valence-corrected chi connectivity index (χ1v) is 13.1. The van der Waals surface area contributed by atoms with Crippen LogP contribution in [0, 0.1) is 6.33 Å². The van der Waals surface area contributed by atoms with Gasteiger partial charge in [-0.25, -0.2) is 4.98 Å². The van der Waals surface area contributed by atoms with Crippen LogP contribution in [0.15, 0.2) is 97.3 Å². The Kier molecular flexibility index (Phi) is 5.13. The summed E-state index contributed by atoms with van der Waals surface area (Å²) < 4.78 is 12.9. The highest BCUT2D eigenvalue weighted by molar-refractivity contribution is 6.09. The first-order chi connectivity index (χ1) is 18.9. The van der Waals surface area contributed by atoms with E-state index in [1.54, 1.807) is 6.20 Å². The molecule has 39 heavy (non-hydrogen) atoms. The van der Waals surface area contributed by atoms with Gasteiger partial charge in [-0.15, -0.1) is 0 Å². The Balaban J connectivity index is 1.38. The van der Waals surface area contributed by atoms with Crippen molar-refractivity contribution in [3.8, 4) is 23.1 Å². The Bertz CT molecular complexity index is 1990. The molecule has 1 N–H and O–H groups in total. The number of rotatable bonds is 4. The summed E-state index contributed by atoms with van der Waals surface area (Å²) in [6, 6.07) is 29.5. The summed E-state index contributed by atoms with van der Waals surface area (Å²) in [5.74, 6) is 2.33. The van der Waals surface area contributed by atoms with Gasteiger partial charge in [-0.1, -0.05) is 69.3 Å². The molecule has 0 amide bonds. The third-order valence-electron chi connectivity index (χ3n) is 7.33. The lowest BCUT2D eigenvalue weighted by Crippen LogP contribution is -2.30. The van der Waals surface area contributed by atoms with E-state index < -0.39 is 0 Å². The molecule has 3 heterocycles. The van der Waals surface area contributed by atoms with Crippen LogP contribution in [0.1, 0.15) is 26.3 Å². The zero-order chi connectivity index (χ0) is 26.7. The number of ether oxygens (including phenoxy) is 1. The maximum absolute atomic E-state index is 6.59. The van der Waals surface area contributed by atoms with Gasteiger partial charge in [0.2, 0.25) is 12.3 Å². The normalized spacial score (nSPS) is 12.1. The predicted molar refractivity (Wildman–Crippen MR) is 155 cm³/mol. The number of hydrogen-bond acceptors (Lipinski definition) is 2. The molecule has 0 saturated heterocycles. The fourth-order valence-corrected chi connectivity index (χ4v) is 5.35. The molecule has 0 bridgehead atoms. The van der Waals surface area contributed by atoms with E-state index in [-0.39, 0.29) is 5.41 Å². The number of hydrogen-bond donors (Lipinski definition) is 1. The molecular weight excluding hydrogens is 482 g/mol. The fraction of sp³-hybridized carbons (Fsp3) is 0.152. The number of aromatic nitrogens is 5. The van der Waals surface area contributed by atoms with Crippen LogP contribution in [-0.4, -0.2) is 19.1 Å². The van der Waals surface area contributed by atoms with E-state index in [1.807, 2.05) is 23.9 Å². The van der Waals surface area contributed by atoms with Crippen molar-refractivity contribution in [3.63, 3.8) is 0 Å². The predicted octanol–water partition coefficient (Wildman–Crippen LogP) is 7.17. The lowest BCUT2D eigenvalue weighted by Gasteiger charge is -2.22. The maximum Gasteiger partial charge on any atom is 0.244 e. The van der Waals surface area contributed by atoms with Crippen LogP contribution in [0.5, 0.6) is 11.5 Å². The molecule has 0 unspecified atom stereocenters. The Labute approximate surface area is 226 Å². The molecule has 4 aromatic carbocycles.